The third kappa shape index (κ3) is 2.75. The van der Waals surface area contributed by atoms with Gasteiger partial charge in [-0.3, -0.25) is 5.43 Å². The van der Waals surface area contributed by atoms with Crippen LogP contribution in [0.5, 0.6) is 0 Å². The van der Waals surface area contributed by atoms with Crippen molar-refractivity contribution in [3.8, 4) is 5.69 Å². The molecule has 3 heterocycles. The maximum Gasteiger partial charge on any atom is 0.168 e. The van der Waals surface area contributed by atoms with Crippen LogP contribution in [0, 0.1) is 5.82 Å². The molecule has 2 N–H and O–H groups in total. The van der Waals surface area contributed by atoms with Gasteiger partial charge in [0.05, 0.1) is 35.3 Å². The van der Waals surface area contributed by atoms with Gasteiger partial charge < -0.3 is 4.98 Å². The number of halogens is 1. The highest BCUT2D eigenvalue weighted by Crippen LogP contribution is 2.25. The van der Waals surface area contributed by atoms with E-state index in [-0.39, 0.29) is 5.82 Å². The molecule has 0 unspecified atom stereocenters. The van der Waals surface area contributed by atoms with Crippen molar-refractivity contribution in [1.29, 1.82) is 0 Å². The Morgan fingerprint density at radius 2 is 1.96 bits per heavy atom. The van der Waals surface area contributed by atoms with Crippen LogP contribution < -0.4 is 5.43 Å². The Labute approximate surface area is 157 Å². The fourth-order valence-electron chi connectivity index (χ4n) is 2.95. The van der Waals surface area contributed by atoms with Gasteiger partial charge >= 0.3 is 0 Å². The Balaban J connectivity index is 1.50. The van der Waals surface area contributed by atoms with Crippen LogP contribution >= 0.6 is 0 Å². The zero-order chi connectivity index (χ0) is 18.9. The summed E-state index contributed by atoms with van der Waals surface area (Å²) in [6.45, 7) is 0. The van der Waals surface area contributed by atoms with E-state index >= 15 is 0 Å². The molecule has 136 valence electrons. The quantitative estimate of drug-likeness (QED) is 0.373. The van der Waals surface area contributed by atoms with E-state index in [9.17, 15) is 4.39 Å². The summed E-state index contributed by atoms with van der Waals surface area (Å²) in [7, 11) is 0. The van der Waals surface area contributed by atoms with Crippen molar-refractivity contribution in [2.45, 2.75) is 0 Å². The molecule has 28 heavy (non-hydrogen) atoms. The van der Waals surface area contributed by atoms with Crippen LogP contribution in [0.3, 0.4) is 0 Å². The van der Waals surface area contributed by atoms with E-state index in [1.54, 1.807) is 35.6 Å². The highest BCUT2D eigenvalue weighted by atomic mass is 19.1. The second-order valence-corrected chi connectivity index (χ2v) is 6.01. The lowest BCUT2D eigenvalue weighted by molar-refractivity contribution is 0.628. The van der Waals surface area contributed by atoms with Gasteiger partial charge in [0.2, 0.25) is 0 Å². The second-order valence-electron chi connectivity index (χ2n) is 6.01. The number of hydrogen-bond acceptors (Lipinski definition) is 6. The Kier molecular flexibility index (Phi) is 3.75. The summed E-state index contributed by atoms with van der Waals surface area (Å²) in [6, 6.07) is 11.8. The molecule has 0 saturated heterocycles. The molecule has 0 aliphatic heterocycles. The van der Waals surface area contributed by atoms with Crippen molar-refractivity contribution in [3.05, 3.63) is 72.7 Å². The van der Waals surface area contributed by atoms with E-state index in [1.165, 1.54) is 18.5 Å². The summed E-state index contributed by atoms with van der Waals surface area (Å²) in [5.41, 5.74) is 6.82. The summed E-state index contributed by atoms with van der Waals surface area (Å²) >= 11 is 0. The van der Waals surface area contributed by atoms with Crippen molar-refractivity contribution in [3.63, 3.8) is 0 Å². The smallest absolute Gasteiger partial charge is 0.168 e. The Bertz CT molecular complexity index is 1300. The predicted octanol–water partition coefficient (Wildman–Crippen LogP) is 3.28. The number of fused-ring (bicyclic) bond motifs is 2. The van der Waals surface area contributed by atoms with Gasteiger partial charge in [0.15, 0.2) is 11.5 Å². The number of rotatable bonds is 4. The molecule has 0 saturated carbocycles. The van der Waals surface area contributed by atoms with E-state index in [2.05, 4.69) is 35.6 Å². The molecule has 0 bridgehead atoms. The van der Waals surface area contributed by atoms with Crippen LogP contribution in [0.4, 0.5) is 10.2 Å². The number of hydrazone groups is 1. The summed E-state index contributed by atoms with van der Waals surface area (Å²) in [5, 5.41) is 9.35. The lowest BCUT2D eigenvalue weighted by atomic mass is 10.2. The normalized spacial score (nSPS) is 11.6. The highest BCUT2D eigenvalue weighted by Gasteiger charge is 2.13. The number of anilines is 1. The number of hydrogen-bond donors (Lipinski definition) is 2. The largest absolute Gasteiger partial charge is 0.345 e. The molecule has 3 aromatic heterocycles. The van der Waals surface area contributed by atoms with Crippen LogP contribution in [0.1, 0.15) is 5.56 Å². The molecule has 5 rings (SSSR count). The SMILES string of the molecule is Fc1ccc(/C=N/Nc2ncnc3c2cnn3-c2cccc3[nH]cnc23)cc1. The van der Waals surface area contributed by atoms with Gasteiger partial charge in [0.1, 0.15) is 17.7 Å². The van der Waals surface area contributed by atoms with Crippen LogP contribution in [0.15, 0.2) is 66.4 Å². The first-order valence-corrected chi connectivity index (χ1v) is 8.45. The summed E-state index contributed by atoms with van der Waals surface area (Å²) in [4.78, 5) is 16.1. The van der Waals surface area contributed by atoms with Crippen LogP contribution in [-0.2, 0) is 0 Å². The van der Waals surface area contributed by atoms with Crippen LogP contribution in [0.25, 0.3) is 27.8 Å². The molecular formula is C19H13FN8. The topological polar surface area (TPSA) is 96.7 Å². The highest BCUT2D eigenvalue weighted by molar-refractivity contribution is 5.91. The van der Waals surface area contributed by atoms with E-state index in [0.717, 1.165) is 22.3 Å². The number of H-pyrrole nitrogens is 1. The zero-order valence-corrected chi connectivity index (χ0v) is 14.4. The van der Waals surface area contributed by atoms with Crippen LogP contribution in [-0.4, -0.2) is 35.9 Å². The van der Waals surface area contributed by atoms with Gasteiger partial charge in [-0.05, 0) is 29.8 Å². The van der Waals surface area contributed by atoms with E-state index in [4.69, 9.17) is 0 Å². The van der Waals surface area contributed by atoms with Gasteiger partial charge in [0.25, 0.3) is 0 Å². The molecule has 0 radical (unpaired) electrons. The molecule has 0 aliphatic carbocycles. The maximum absolute atomic E-state index is 13.0. The standard InChI is InChI=1S/C19H13FN8/c20-13-6-4-12(5-7-13)8-25-27-18-14-9-26-28(19(14)24-11-23-18)16-3-1-2-15-17(16)22-10-21-15/h1-11H,(H,21,22)(H,23,24,27)/b25-8+. The van der Waals surface area contributed by atoms with E-state index in [0.29, 0.717) is 16.9 Å². The van der Waals surface area contributed by atoms with Crippen molar-refractivity contribution >= 4 is 34.1 Å². The number of nitrogens with one attached hydrogen (secondary N) is 2. The fourth-order valence-corrected chi connectivity index (χ4v) is 2.95. The second kappa shape index (κ2) is 6.54. The van der Waals surface area contributed by atoms with Crippen molar-refractivity contribution in [1.82, 2.24) is 29.7 Å². The van der Waals surface area contributed by atoms with E-state index < -0.39 is 0 Å². The molecule has 9 heteroatoms. The number of imidazole rings is 1. The molecular weight excluding hydrogens is 359 g/mol. The van der Waals surface area contributed by atoms with Crippen molar-refractivity contribution < 1.29 is 4.39 Å². The maximum atomic E-state index is 13.0. The lowest BCUT2D eigenvalue weighted by Crippen LogP contribution is -2.00. The number of nitrogens with zero attached hydrogens (tertiary/aromatic N) is 6. The number of benzene rings is 2. The minimum absolute atomic E-state index is 0.290. The molecule has 0 spiro atoms. The van der Waals surface area contributed by atoms with E-state index in [1.807, 2.05) is 18.2 Å². The molecule has 0 aliphatic rings. The Morgan fingerprint density at radius 3 is 2.86 bits per heavy atom. The number of aromatic nitrogens is 6. The Hall–Kier alpha value is -4.14. The summed E-state index contributed by atoms with van der Waals surface area (Å²) in [5.74, 6) is 0.228. The fraction of sp³-hybridized carbons (Fsp3) is 0. The van der Waals surface area contributed by atoms with Gasteiger partial charge in [0, 0.05) is 0 Å². The van der Waals surface area contributed by atoms with Crippen LogP contribution in [0.2, 0.25) is 0 Å². The van der Waals surface area contributed by atoms with Crippen molar-refractivity contribution in [2.75, 3.05) is 5.43 Å². The molecule has 0 atom stereocenters. The van der Waals surface area contributed by atoms with Gasteiger partial charge in [-0.25, -0.2) is 24.0 Å². The van der Waals surface area contributed by atoms with Crippen molar-refractivity contribution in [2.24, 2.45) is 5.10 Å². The van der Waals surface area contributed by atoms with Gasteiger partial charge in [-0.15, -0.1) is 0 Å². The third-order valence-corrected chi connectivity index (χ3v) is 4.28. The minimum Gasteiger partial charge on any atom is -0.345 e. The average molecular weight is 372 g/mol. The third-order valence-electron chi connectivity index (χ3n) is 4.28. The summed E-state index contributed by atoms with van der Waals surface area (Å²) in [6.07, 6.45) is 6.35. The molecule has 5 aromatic rings. The lowest BCUT2D eigenvalue weighted by Gasteiger charge is -2.04. The number of para-hydroxylation sites is 1. The first-order chi connectivity index (χ1) is 13.8. The minimum atomic E-state index is -0.290. The molecule has 8 nitrogen and oxygen atoms in total. The monoisotopic (exact) mass is 372 g/mol. The molecule has 2 aromatic carbocycles. The molecule has 0 amide bonds. The van der Waals surface area contributed by atoms with Gasteiger partial charge in [-0.1, -0.05) is 18.2 Å². The predicted molar refractivity (Wildman–Crippen MR) is 104 cm³/mol. The summed E-state index contributed by atoms with van der Waals surface area (Å²) < 4.78 is 14.7. The first-order valence-electron chi connectivity index (χ1n) is 8.45. The Morgan fingerprint density at radius 1 is 1.07 bits per heavy atom. The molecule has 0 fully saturated rings. The average Bonchev–Trinajstić information content (AvgIpc) is 3.36. The zero-order valence-electron chi connectivity index (χ0n) is 14.4. The number of aromatic amines is 1. The van der Waals surface area contributed by atoms with Gasteiger partial charge in [-0.2, -0.15) is 10.2 Å². The first kappa shape index (κ1) is 16.1.